The molecule has 0 fully saturated rings. The molecule has 29 heavy (non-hydrogen) atoms. The third-order valence-electron chi connectivity index (χ3n) is 6.19. The van der Waals surface area contributed by atoms with E-state index in [0.29, 0.717) is 19.6 Å². The average Bonchev–Trinajstić information content (AvgIpc) is 3.21. The minimum atomic E-state index is -3.35. The number of benzene rings is 2. The Hall–Kier alpha value is -2.05. The van der Waals surface area contributed by atoms with Crippen LogP contribution in [-0.2, 0) is 29.3 Å². The summed E-state index contributed by atoms with van der Waals surface area (Å²) >= 11 is 0. The molecule has 0 spiro atoms. The molecule has 1 atom stereocenters. The highest BCUT2D eigenvalue weighted by Gasteiger charge is 2.29. The van der Waals surface area contributed by atoms with Crippen molar-refractivity contribution in [2.45, 2.75) is 38.0 Å². The summed E-state index contributed by atoms with van der Waals surface area (Å²) in [4.78, 5) is 0. The molecular formula is C23H29NO4S. The van der Waals surface area contributed by atoms with Crippen LogP contribution in [0.25, 0.3) is 0 Å². The van der Waals surface area contributed by atoms with Crippen LogP contribution >= 0.6 is 0 Å². The summed E-state index contributed by atoms with van der Waals surface area (Å²) in [5.74, 6) is 1.99. The molecule has 1 unspecified atom stereocenters. The fourth-order valence-electron chi connectivity index (χ4n) is 4.56. The zero-order valence-electron chi connectivity index (χ0n) is 17.2. The molecular weight excluding hydrogens is 386 g/mol. The first-order valence-electron chi connectivity index (χ1n) is 10.3. The molecule has 2 aromatic rings. The molecule has 1 heterocycles. The molecule has 1 aliphatic heterocycles. The van der Waals surface area contributed by atoms with Crippen molar-refractivity contribution in [1.29, 1.82) is 0 Å². The first-order chi connectivity index (χ1) is 14.0. The van der Waals surface area contributed by atoms with Gasteiger partial charge in [-0.1, -0.05) is 30.3 Å². The van der Waals surface area contributed by atoms with Gasteiger partial charge in [-0.05, 0) is 59.9 Å². The van der Waals surface area contributed by atoms with Crippen LogP contribution in [0.2, 0.25) is 0 Å². The Kier molecular flexibility index (Phi) is 5.83. The van der Waals surface area contributed by atoms with Crippen LogP contribution in [0.1, 0.15) is 41.0 Å². The third kappa shape index (κ3) is 4.14. The predicted molar refractivity (Wildman–Crippen MR) is 114 cm³/mol. The van der Waals surface area contributed by atoms with E-state index in [1.807, 2.05) is 24.3 Å². The van der Waals surface area contributed by atoms with Crippen molar-refractivity contribution in [3.63, 3.8) is 0 Å². The molecule has 5 nitrogen and oxygen atoms in total. The van der Waals surface area contributed by atoms with Gasteiger partial charge in [-0.2, -0.15) is 0 Å². The van der Waals surface area contributed by atoms with E-state index in [2.05, 4.69) is 12.1 Å². The van der Waals surface area contributed by atoms with Crippen molar-refractivity contribution in [3.05, 3.63) is 58.7 Å². The maximum Gasteiger partial charge on any atom is 0.214 e. The Balaban J connectivity index is 1.45. The number of likely N-dealkylation sites (N-methyl/N-ethyl adjacent to an activating group) is 1. The van der Waals surface area contributed by atoms with E-state index in [1.54, 1.807) is 14.2 Å². The van der Waals surface area contributed by atoms with Crippen molar-refractivity contribution >= 4 is 10.0 Å². The number of ether oxygens (including phenoxy) is 2. The largest absolute Gasteiger partial charge is 0.496 e. The van der Waals surface area contributed by atoms with Crippen LogP contribution in [-0.4, -0.2) is 45.8 Å². The minimum Gasteiger partial charge on any atom is -0.496 e. The lowest BCUT2D eigenvalue weighted by atomic mass is 9.83. The Labute approximate surface area is 173 Å². The molecule has 0 radical (unpaired) electrons. The lowest BCUT2D eigenvalue weighted by Crippen LogP contribution is -2.34. The van der Waals surface area contributed by atoms with Crippen LogP contribution in [0.5, 0.6) is 11.5 Å². The average molecular weight is 416 g/mol. The van der Waals surface area contributed by atoms with E-state index in [-0.39, 0.29) is 11.7 Å². The number of para-hydroxylation sites is 1. The zero-order chi connectivity index (χ0) is 20.4. The molecule has 1 aliphatic carbocycles. The van der Waals surface area contributed by atoms with Crippen molar-refractivity contribution < 1.29 is 17.9 Å². The first-order valence-corrected chi connectivity index (χ1v) is 11.9. The second-order valence-corrected chi connectivity index (χ2v) is 10.1. The quantitative estimate of drug-likeness (QED) is 0.694. The molecule has 6 heteroatoms. The lowest BCUT2D eigenvalue weighted by Gasteiger charge is -2.28. The highest BCUT2D eigenvalue weighted by molar-refractivity contribution is 7.89. The number of sulfonamides is 1. The molecule has 2 aliphatic rings. The smallest absolute Gasteiger partial charge is 0.214 e. The fourth-order valence-corrected chi connectivity index (χ4v) is 6.04. The molecule has 0 aromatic heterocycles. The van der Waals surface area contributed by atoms with E-state index in [9.17, 15) is 8.42 Å². The number of fused-ring (bicyclic) bond motifs is 2. The Morgan fingerprint density at radius 3 is 2.83 bits per heavy atom. The zero-order valence-corrected chi connectivity index (χ0v) is 18.0. The van der Waals surface area contributed by atoms with Gasteiger partial charge < -0.3 is 9.47 Å². The molecule has 0 amide bonds. The second kappa shape index (κ2) is 8.36. The maximum absolute atomic E-state index is 13.1. The highest BCUT2D eigenvalue weighted by atomic mass is 32.2. The van der Waals surface area contributed by atoms with Gasteiger partial charge in [-0.25, -0.2) is 12.7 Å². The van der Waals surface area contributed by atoms with Crippen LogP contribution in [0, 0.1) is 0 Å². The van der Waals surface area contributed by atoms with Crippen molar-refractivity contribution in [2.75, 3.05) is 33.1 Å². The first kappa shape index (κ1) is 20.2. The molecule has 156 valence electrons. The van der Waals surface area contributed by atoms with Gasteiger partial charge in [0.15, 0.2) is 0 Å². The lowest BCUT2D eigenvalue weighted by molar-refractivity contribution is 0.352. The van der Waals surface area contributed by atoms with Gasteiger partial charge in [-0.15, -0.1) is 0 Å². The van der Waals surface area contributed by atoms with Crippen LogP contribution in [0.3, 0.4) is 0 Å². The van der Waals surface area contributed by atoms with Gasteiger partial charge in [0.2, 0.25) is 10.0 Å². The molecule has 0 N–H and O–H groups in total. The second-order valence-electron chi connectivity index (χ2n) is 7.97. The van der Waals surface area contributed by atoms with E-state index < -0.39 is 10.0 Å². The number of hydrogen-bond acceptors (Lipinski definition) is 4. The van der Waals surface area contributed by atoms with Gasteiger partial charge in [0, 0.05) is 20.0 Å². The molecule has 0 bridgehead atoms. The molecule has 2 aromatic carbocycles. The van der Waals surface area contributed by atoms with Gasteiger partial charge in [0.25, 0.3) is 0 Å². The van der Waals surface area contributed by atoms with E-state index in [4.69, 9.17) is 9.47 Å². The Morgan fingerprint density at radius 2 is 2.00 bits per heavy atom. The number of hydrogen-bond donors (Lipinski definition) is 0. The summed E-state index contributed by atoms with van der Waals surface area (Å²) in [6, 6.07) is 12.1. The Bertz CT molecular complexity index is 986. The third-order valence-corrected chi connectivity index (χ3v) is 8.14. The summed E-state index contributed by atoms with van der Waals surface area (Å²) in [6.45, 7) is 1.17. The normalized spacial score (nSPS) is 18.2. The van der Waals surface area contributed by atoms with E-state index >= 15 is 0 Å². The molecule has 0 saturated carbocycles. The highest BCUT2D eigenvalue weighted by Crippen LogP contribution is 2.37. The fraction of sp³-hybridized carbons (Fsp3) is 0.478. The number of methoxy groups -OCH3 is 1. The monoisotopic (exact) mass is 415 g/mol. The maximum atomic E-state index is 13.1. The summed E-state index contributed by atoms with van der Waals surface area (Å²) < 4.78 is 38.9. The Morgan fingerprint density at radius 1 is 1.17 bits per heavy atom. The van der Waals surface area contributed by atoms with Crippen molar-refractivity contribution in [3.8, 4) is 11.5 Å². The summed E-state index contributed by atoms with van der Waals surface area (Å²) in [6.07, 6.45) is 4.43. The number of nitrogens with zero attached hydrogens (tertiary/aromatic N) is 1. The van der Waals surface area contributed by atoms with Gasteiger partial charge >= 0.3 is 0 Å². The van der Waals surface area contributed by atoms with Crippen molar-refractivity contribution in [2.24, 2.45) is 0 Å². The topological polar surface area (TPSA) is 55.8 Å². The standard InChI is InChI=1S/C23H29NO4S/c1-24(14-12-17-6-3-7-18-13-15-28-23(17)18)29(25,26)16-19-8-4-10-21-20(19)9-5-11-22(21)27-2/h3,5-7,9,11,19H,4,8,10,12-16H2,1-2H3. The van der Waals surface area contributed by atoms with Crippen LogP contribution in [0.15, 0.2) is 36.4 Å². The van der Waals surface area contributed by atoms with E-state index in [0.717, 1.165) is 48.3 Å². The summed E-state index contributed by atoms with van der Waals surface area (Å²) in [7, 11) is 0.00885. The summed E-state index contributed by atoms with van der Waals surface area (Å²) in [5, 5.41) is 0. The van der Waals surface area contributed by atoms with Crippen LogP contribution < -0.4 is 9.47 Å². The molecule has 0 saturated heterocycles. The minimum absolute atomic E-state index is 0.0191. The van der Waals surface area contributed by atoms with Gasteiger partial charge in [-0.3, -0.25) is 0 Å². The SMILES string of the molecule is COc1cccc2c1CCCC2CS(=O)(=O)N(C)CCc1cccc2c1OCC2. The van der Waals surface area contributed by atoms with E-state index in [1.165, 1.54) is 15.4 Å². The van der Waals surface area contributed by atoms with Crippen molar-refractivity contribution in [1.82, 2.24) is 4.31 Å². The number of rotatable bonds is 7. The summed E-state index contributed by atoms with van der Waals surface area (Å²) in [5.41, 5.74) is 4.61. The van der Waals surface area contributed by atoms with Gasteiger partial charge in [0.05, 0.1) is 19.5 Å². The predicted octanol–water partition coefficient (Wildman–Crippen LogP) is 3.55. The van der Waals surface area contributed by atoms with Gasteiger partial charge in [0.1, 0.15) is 11.5 Å². The van der Waals surface area contributed by atoms with Crippen LogP contribution in [0.4, 0.5) is 0 Å². The molecule has 4 rings (SSSR count).